The molecular formula is C19H7F11N2O2. The molecule has 0 atom stereocenters. The first-order valence-corrected chi connectivity index (χ1v) is 8.65. The van der Waals surface area contributed by atoms with E-state index in [4.69, 9.17) is 0 Å². The Bertz CT molecular complexity index is 1320. The Morgan fingerprint density at radius 1 is 0.765 bits per heavy atom. The first-order chi connectivity index (χ1) is 15.5. The van der Waals surface area contributed by atoms with E-state index in [0.717, 1.165) is 6.92 Å². The molecule has 0 bridgehead atoms. The zero-order valence-electron chi connectivity index (χ0n) is 16.2. The number of alkyl halides is 6. The van der Waals surface area contributed by atoms with Crippen LogP contribution in [0.5, 0.6) is 0 Å². The van der Waals surface area contributed by atoms with Crippen molar-refractivity contribution in [2.24, 2.45) is 0 Å². The summed E-state index contributed by atoms with van der Waals surface area (Å²) in [7, 11) is 0. The number of ketones is 1. The third-order valence-electron chi connectivity index (χ3n) is 4.61. The lowest BCUT2D eigenvalue weighted by molar-refractivity contribution is -0.143. The molecule has 2 aromatic carbocycles. The Morgan fingerprint density at radius 3 is 1.59 bits per heavy atom. The van der Waals surface area contributed by atoms with Crippen molar-refractivity contribution in [2.75, 3.05) is 0 Å². The van der Waals surface area contributed by atoms with E-state index in [0.29, 0.717) is 6.07 Å². The van der Waals surface area contributed by atoms with Gasteiger partial charge in [0.15, 0.2) is 23.3 Å². The lowest BCUT2D eigenvalue weighted by atomic mass is 9.93. The van der Waals surface area contributed by atoms with Gasteiger partial charge in [0.1, 0.15) is 11.3 Å². The zero-order chi connectivity index (χ0) is 25.9. The Labute approximate surface area is 180 Å². The van der Waals surface area contributed by atoms with Crippen molar-refractivity contribution in [1.29, 1.82) is 0 Å². The van der Waals surface area contributed by atoms with Gasteiger partial charge in [0.05, 0.1) is 11.1 Å². The molecule has 182 valence electrons. The molecule has 0 amide bonds. The van der Waals surface area contributed by atoms with E-state index in [-0.39, 0.29) is 16.8 Å². The molecule has 0 spiro atoms. The molecule has 3 rings (SSSR count). The van der Waals surface area contributed by atoms with E-state index in [9.17, 15) is 57.9 Å². The minimum atomic E-state index is -5.50. The van der Waals surface area contributed by atoms with Crippen LogP contribution in [0.15, 0.2) is 23.0 Å². The monoisotopic (exact) mass is 504 g/mol. The normalized spacial score (nSPS) is 12.4. The van der Waals surface area contributed by atoms with Crippen molar-refractivity contribution in [3.63, 3.8) is 0 Å². The number of halogens is 11. The van der Waals surface area contributed by atoms with Crippen LogP contribution >= 0.6 is 0 Å². The highest BCUT2D eigenvalue weighted by Crippen LogP contribution is 2.40. The molecule has 0 fully saturated rings. The number of aromatic nitrogens is 2. The number of nitrogens with zero attached hydrogens (tertiary/aromatic N) is 1. The van der Waals surface area contributed by atoms with Gasteiger partial charge < -0.3 is 0 Å². The Hall–Kier alpha value is -3.65. The number of hydrogen-bond acceptors (Lipinski definition) is 2. The summed E-state index contributed by atoms with van der Waals surface area (Å²) in [6.45, 7) is 0.751. The summed E-state index contributed by atoms with van der Waals surface area (Å²) in [5, 5.41) is 1.74. The highest BCUT2D eigenvalue weighted by molar-refractivity contribution is 6.11. The lowest BCUT2D eigenvalue weighted by Gasteiger charge is -2.17. The second-order valence-corrected chi connectivity index (χ2v) is 6.72. The van der Waals surface area contributed by atoms with Crippen molar-refractivity contribution >= 4 is 5.78 Å². The van der Waals surface area contributed by atoms with Crippen molar-refractivity contribution in [2.45, 2.75) is 19.3 Å². The Kier molecular flexibility index (Phi) is 5.87. The molecule has 4 nitrogen and oxygen atoms in total. The molecule has 0 unspecified atom stereocenters. The van der Waals surface area contributed by atoms with E-state index < -0.39 is 86.4 Å². The van der Waals surface area contributed by atoms with E-state index in [2.05, 4.69) is 0 Å². The highest BCUT2D eigenvalue weighted by atomic mass is 19.4. The molecule has 1 N–H and O–H groups in total. The molecule has 34 heavy (non-hydrogen) atoms. The molecule has 1 heterocycles. The second-order valence-electron chi connectivity index (χ2n) is 6.72. The van der Waals surface area contributed by atoms with Crippen LogP contribution in [0.4, 0.5) is 48.3 Å². The topological polar surface area (TPSA) is 54.9 Å². The van der Waals surface area contributed by atoms with Crippen LogP contribution in [0.1, 0.15) is 32.7 Å². The second kappa shape index (κ2) is 7.99. The van der Waals surface area contributed by atoms with Crippen molar-refractivity contribution in [3.8, 4) is 5.69 Å². The predicted molar refractivity (Wildman–Crippen MR) is 90.8 cm³/mol. The molecule has 0 aliphatic rings. The maximum Gasteiger partial charge on any atom is 0.417 e. The van der Waals surface area contributed by atoms with Gasteiger partial charge in [0.2, 0.25) is 11.6 Å². The van der Waals surface area contributed by atoms with Crippen LogP contribution in [0.25, 0.3) is 5.69 Å². The van der Waals surface area contributed by atoms with E-state index in [1.165, 1.54) is 0 Å². The molecule has 0 radical (unpaired) electrons. The van der Waals surface area contributed by atoms with Gasteiger partial charge >= 0.3 is 12.4 Å². The average molecular weight is 504 g/mol. The highest BCUT2D eigenvalue weighted by Gasteiger charge is 2.44. The van der Waals surface area contributed by atoms with Gasteiger partial charge in [0.25, 0.3) is 5.56 Å². The van der Waals surface area contributed by atoms with E-state index in [1.54, 1.807) is 5.10 Å². The molecule has 0 aliphatic carbocycles. The van der Waals surface area contributed by atoms with Gasteiger partial charge in [-0.3, -0.25) is 14.7 Å². The standard InChI is InChI=1S/C19H7F11N2O2/c1-5-8(16(33)9-6(18(25,26)27)3-2-4-7(9)19(28,29)30)17(34)32(31-5)15-13(23)11(21)10(20)12(22)14(15)24/h2-4,31H,1H3. The summed E-state index contributed by atoms with van der Waals surface area (Å²) < 4.78 is 148. The quantitative estimate of drug-likeness (QED) is 0.224. The fraction of sp³-hybridized carbons (Fsp3) is 0.158. The number of hydrogen-bond donors (Lipinski definition) is 1. The number of carbonyl (C=O) groups excluding carboxylic acids is 1. The summed E-state index contributed by atoms with van der Waals surface area (Å²) in [6.07, 6.45) is -11.0. The predicted octanol–water partition coefficient (Wildman–Crippen LogP) is 5.44. The van der Waals surface area contributed by atoms with Crippen molar-refractivity contribution in [1.82, 2.24) is 9.78 Å². The van der Waals surface area contributed by atoms with Crippen molar-refractivity contribution < 1.29 is 53.1 Å². The van der Waals surface area contributed by atoms with Gasteiger partial charge in [-0.2, -0.15) is 26.3 Å². The minimum absolute atomic E-state index is 0.132. The average Bonchev–Trinajstić information content (AvgIpc) is 3.02. The SMILES string of the molecule is Cc1[nH]n(-c2c(F)c(F)c(F)c(F)c2F)c(=O)c1C(=O)c1c(C(F)(F)F)cccc1C(F)(F)F. The summed E-state index contributed by atoms with van der Waals surface area (Å²) in [6, 6.07) is 0.625. The molecule has 3 aromatic rings. The van der Waals surface area contributed by atoms with Crippen LogP contribution in [0, 0.1) is 36.0 Å². The third kappa shape index (κ3) is 3.84. The summed E-state index contributed by atoms with van der Waals surface area (Å²) in [4.78, 5) is 25.4. The minimum Gasteiger partial charge on any atom is -0.294 e. The number of carbonyl (C=O) groups is 1. The first kappa shape index (κ1) is 25.0. The largest absolute Gasteiger partial charge is 0.417 e. The van der Waals surface area contributed by atoms with Gasteiger partial charge in [-0.25, -0.2) is 26.6 Å². The lowest BCUT2D eigenvalue weighted by Crippen LogP contribution is -2.27. The first-order valence-electron chi connectivity index (χ1n) is 8.65. The fourth-order valence-electron chi connectivity index (χ4n) is 3.16. The van der Waals surface area contributed by atoms with Gasteiger partial charge in [-0.1, -0.05) is 6.07 Å². The van der Waals surface area contributed by atoms with Gasteiger partial charge in [-0.05, 0) is 19.1 Å². The van der Waals surface area contributed by atoms with Crippen LogP contribution < -0.4 is 5.56 Å². The van der Waals surface area contributed by atoms with Crippen LogP contribution in [0.3, 0.4) is 0 Å². The molecule has 0 saturated heterocycles. The summed E-state index contributed by atoms with van der Waals surface area (Å²) >= 11 is 0. The number of aryl methyl sites for hydroxylation is 1. The summed E-state index contributed by atoms with van der Waals surface area (Å²) in [5.41, 5.74) is -12.3. The van der Waals surface area contributed by atoms with E-state index in [1.807, 2.05) is 0 Å². The number of aromatic amines is 1. The van der Waals surface area contributed by atoms with Crippen LogP contribution in [-0.2, 0) is 12.4 Å². The van der Waals surface area contributed by atoms with E-state index >= 15 is 0 Å². The molecule has 1 aromatic heterocycles. The molecule has 0 aliphatic heterocycles. The zero-order valence-corrected chi connectivity index (χ0v) is 16.2. The van der Waals surface area contributed by atoms with Gasteiger partial charge in [-0.15, -0.1) is 0 Å². The third-order valence-corrected chi connectivity index (χ3v) is 4.61. The fourth-order valence-corrected chi connectivity index (χ4v) is 3.16. The van der Waals surface area contributed by atoms with Crippen LogP contribution in [0.2, 0.25) is 0 Å². The molecule has 0 saturated carbocycles. The number of nitrogens with one attached hydrogen (secondary N) is 1. The smallest absolute Gasteiger partial charge is 0.294 e. The number of benzene rings is 2. The number of H-pyrrole nitrogens is 1. The Morgan fingerprint density at radius 2 is 1.18 bits per heavy atom. The summed E-state index contributed by atoms with van der Waals surface area (Å²) in [5.74, 6) is -14.8. The maximum absolute atomic E-state index is 14.1. The van der Waals surface area contributed by atoms with Crippen molar-refractivity contribution in [3.05, 3.63) is 85.6 Å². The number of rotatable bonds is 3. The Balaban J connectivity index is 2.36. The maximum atomic E-state index is 14.1. The van der Waals surface area contributed by atoms with Gasteiger partial charge in [0, 0.05) is 11.3 Å². The van der Waals surface area contributed by atoms with Crippen LogP contribution in [-0.4, -0.2) is 15.6 Å². The molecule has 15 heteroatoms. The molecular weight excluding hydrogens is 497 g/mol.